The van der Waals surface area contributed by atoms with Crippen LogP contribution in [-0.2, 0) is 6.18 Å². The highest BCUT2D eigenvalue weighted by Crippen LogP contribution is 2.37. The van der Waals surface area contributed by atoms with Crippen LogP contribution < -0.4 is 5.32 Å². The summed E-state index contributed by atoms with van der Waals surface area (Å²) in [4.78, 5) is 41.5. The van der Waals surface area contributed by atoms with Gasteiger partial charge >= 0.3 is 12.1 Å². The zero-order valence-corrected chi connectivity index (χ0v) is 19.8. The number of carboxylic acid groups (broad SMARTS) is 1. The predicted molar refractivity (Wildman–Crippen MR) is 127 cm³/mol. The van der Waals surface area contributed by atoms with Gasteiger partial charge < -0.3 is 10.4 Å². The largest absolute Gasteiger partial charge is 0.478 e. The highest BCUT2D eigenvalue weighted by Gasteiger charge is 2.37. The number of carbonyl (C=O) groups is 3. The molecule has 1 fully saturated rings. The second kappa shape index (κ2) is 9.21. The van der Waals surface area contributed by atoms with Gasteiger partial charge in [-0.2, -0.15) is 23.0 Å². The van der Waals surface area contributed by atoms with Crippen molar-refractivity contribution in [3.05, 3.63) is 81.8 Å². The third-order valence-electron chi connectivity index (χ3n) is 5.89. The van der Waals surface area contributed by atoms with E-state index in [9.17, 15) is 31.9 Å². The Kier molecular flexibility index (Phi) is 6.14. The number of hydrogen-bond acceptors (Lipinski definition) is 5. The van der Waals surface area contributed by atoms with E-state index in [0.29, 0.717) is 10.7 Å². The number of fused-ring (bicyclic) bond motifs is 1. The molecule has 1 amide bonds. The summed E-state index contributed by atoms with van der Waals surface area (Å²) in [5.74, 6) is -4.21. The molecule has 5 rings (SSSR count). The highest BCUT2D eigenvalue weighted by molar-refractivity contribution is 6.34. The zero-order valence-electron chi connectivity index (χ0n) is 19.0. The van der Waals surface area contributed by atoms with Gasteiger partial charge in [-0.25, -0.2) is 9.18 Å². The SMILES string of the molecule is O=C(O)c1ccc(-c2nn(C(=O)c3c(Cl)cccc3C(F)(F)F)c3cc(C(=O)NC4CC4)cnc23)c(F)c1. The van der Waals surface area contributed by atoms with E-state index in [2.05, 4.69) is 15.4 Å². The number of amides is 1. The van der Waals surface area contributed by atoms with Crippen LogP contribution in [0.5, 0.6) is 0 Å². The van der Waals surface area contributed by atoms with Gasteiger partial charge in [-0.3, -0.25) is 14.6 Å². The Hall–Kier alpha value is -4.32. The fourth-order valence-corrected chi connectivity index (χ4v) is 4.13. The lowest BCUT2D eigenvalue weighted by Crippen LogP contribution is -2.25. The third kappa shape index (κ3) is 4.58. The van der Waals surface area contributed by atoms with Gasteiger partial charge in [0.2, 0.25) is 0 Å². The van der Waals surface area contributed by atoms with Gasteiger partial charge in [-0.15, -0.1) is 0 Å². The minimum Gasteiger partial charge on any atom is -0.478 e. The summed E-state index contributed by atoms with van der Waals surface area (Å²) in [6, 6.07) is 6.95. The number of nitrogens with one attached hydrogen (secondary N) is 1. The van der Waals surface area contributed by atoms with Gasteiger partial charge in [0.15, 0.2) is 0 Å². The number of benzene rings is 2. The number of aromatic nitrogens is 3. The van der Waals surface area contributed by atoms with Crippen LogP contribution in [0, 0.1) is 5.82 Å². The van der Waals surface area contributed by atoms with Crippen LogP contribution in [0.1, 0.15) is 49.5 Å². The summed E-state index contributed by atoms with van der Waals surface area (Å²) in [6.07, 6.45) is -2.19. The van der Waals surface area contributed by atoms with E-state index < -0.39 is 45.9 Å². The number of alkyl halides is 3. The van der Waals surface area contributed by atoms with Gasteiger partial charge in [0, 0.05) is 17.8 Å². The van der Waals surface area contributed by atoms with Crippen molar-refractivity contribution >= 4 is 40.4 Å². The van der Waals surface area contributed by atoms with Crippen molar-refractivity contribution in [1.82, 2.24) is 20.1 Å². The van der Waals surface area contributed by atoms with Crippen LogP contribution in [0.15, 0.2) is 48.7 Å². The van der Waals surface area contributed by atoms with Crippen molar-refractivity contribution < 1.29 is 37.1 Å². The van der Waals surface area contributed by atoms with Crippen molar-refractivity contribution in [2.75, 3.05) is 0 Å². The molecule has 8 nitrogen and oxygen atoms in total. The Morgan fingerprint density at radius 2 is 1.82 bits per heavy atom. The Morgan fingerprint density at radius 1 is 1.08 bits per heavy atom. The van der Waals surface area contributed by atoms with Gasteiger partial charge in [0.1, 0.15) is 17.0 Å². The quantitative estimate of drug-likeness (QED) is 0.333. The molecule has 0 bridgehead atoms. The second-order valence-electron chi connectivity index (χ2n) is 8.56. The fraction of sp³-hybridized carbons (Fsp3) is 0.160. The maximum absolute atomic E-state index is 14.9. The van der Waals surface area contributed by atoms with E-state index in [0.717, 1.165) is 43.2 Å². The van der Waals surface area contributed by atoms with E-state index in [1.807, 2.05) is 0 Å². The average molecular weight is 547 g/mol. The van der Waals surface area contributed by atoms with Crippen LogP contribution in [0.3, 0.4) is 0 Å². The predicted octanol–water partition coefficient (Wildman–Crippen LogP) is 5.19. The lowest BCUT2D eigenvalue weighted by molar-refractivity contribution is -0.137. The number of carbonyl (C=O) groups excluding carboxylic acids is 2. The van der Waals surface area contributed by atoms with Crippen molar-refractivity contribution in [3.63, 3.8) is 0 Å². The van der Waals surface area contributed by atoms with Crippen LogP contribution in [-0.4, -0.2) is 43.7 Å². The molecule has 2 aromatic carbocycles. The topological polar surface area (TPSA) is 114 Å². The monoisotopic (exact) mass is 546 g/mol. The molecule has 2 heterocycles. The first-order chi connectivity index (χ1) is 18.0. The Balaban J connectivity index is 1.73. The molecule has 38 heavy (non-hydrogen) atoms. The van der Waals surface area contributed by atoms with Crippen molar-refractivity contribution in [3.8, 4) is 11.3 Å². The van der Waals surface area contributed by atoms with E-state index in [1.54, 1.807) is 0 Å². The number of nitrogens with zero attached hydrogens (tertiary/aromatic N) is 3. The number of pyridine rings is 1. The highest BCUT2D eigenvalue weighted by atomic mass is 35.5. The first kappa shape index (κ1) is 25.3. The Labute approximate surface area is 215 Å². The molecule has 0 unspecified atom stereocenters. The van der Waals surface area contributed by atoms with E-state index in [4.69, 9.17) is 16.7 Å². The molecule has 1 aliphatic carbocycles. The molecule has 2 N–H and O–H groups in total. The van der Waals surface area contributed by atoms with Crippen molar-refractivity contribution in [2.24, 2.45) is 0 Å². The molecular weight excluding hydrogens is 532 g/mol. The van der Waals surface area contributed by atoms with E-state index in [-0.39, 0.29) is 39.5 Å². The molecule has 0 spiro atoms. The van der Waals surface area contributed by atoms with Gasteiger partial charge in [-0.05, 0) is 49.2 Å². The molecule has 1 saturated carbocycles. The summed E-state index contributed by atoms with van der Waals surface area (Å²) in [6.45, 7) is 0. The number of halogens is 5. The molecule has 0 saturated heterocycles. The Bertz CT molecular complexity index is 1650. The van der Waals surface area contributed by atoms with Gasteiger partial charge in [0.05, 0.1) is 32.8 Å². The number of carboxylic acids is 1. The van der Waals surface area contributed by atoms with Gasteiger partial charge in [-0.1, -0.05) is 17.7 Å². The average Bonchev–Trinajstić information content (AvgIpc) is 3.60. The molecule has 2 aromatic heterocycles. The normalized spacial score (nSPS) is 13.5. The Morgan fingerprint density at radius 3 is 2.45 bits per heavy atom. The van der Waals surface area contributed by atoms with Crippen LogP contribution in [0.4, 0.5) is 17.6 Å². The number of rotatable bonds is 5. The summed E-state index contributed by atoms with van der Waals surface area (Å²) in [5.41, 5.74) is -3.36. The molecule has 0 radical (unpaired) electrons. The summed E-state index contributed by atoms with van der Waals surface area (Å²) < 4.78 is 56.7. The molecule has 0 atom stereocenters. The van der Waals surface area contributed by atoms with Crippen LogP contribution in [0.25, 0.3) is 22.3 Å². The zero-order chi connectivity index (χ0) is 27.4. The maximum Gasteiger partial charge on any atom is 0.417 e. The lowest BCUT2D eigenvalue weighted by atomic mass is 10.1. The molecule has 194 valence electrons. The van der Waals surface area contributed by atoms with Crippen LogP contribution in [0.2, 0.25) is 5.02 Å². The fourth-order valence-electron chi connectivity index (χ4n) is 3.88. The summed E-state index contributed by atoms with van der Waals surface area (Å²) in [7, 11) is 0. The minimum absolute atomic E-state index is 0.00167. The standard InChI is InChI=1S/C25H15ClF4N4O4/c26-16-3-1-2-15(25(28,29)30)19(16)23(36)34-18-9-12(22(35)32-13-5-6-13)10-31-21(18)20(33-34)14-7-4-11(24(37)38)8-17(14)27/h1-4,7-10,13H,5-6H2,(H,32,35)(H,37,38). The maximum atomic E-state index is 14.9. The van der Waals surface area contributed by atoms with E-state index in [1.165, 1.54) is 12.3 Å². The molecule has 0 aliphatic heterocycles. The van der Waals surface area contributed by atoms with Crippen molar-refractivity contribution in [2.45, 2.75) is 25.1 Å². The second-order valence-corrected chi connectivity index (χ2v) is 8.97. The third-order valence-corrected chi connectivity index (χ3v) is 6.21. The molecule has 1 aliphatic rings. The van der Waals surface area contributed by atoms with E-state index >= 15 is 0 Å². The lowest BCUT2D eigenvalue weighted by Gasteiger charge is -2.13. The molecular formula is C25H15ClF4N4O4. The summed E-state index contributed by atoms with van der Waals surface area (Å²) >= 11 is 6.02. The smallest absolute Gasteiger partial charge is 0.417 e. The van der Waals surface area contributed by atoms with Crippen LogP contribution >= 0.6 is 11.6 Å². The molecule has 13 heteroatoms. The molecule has 4 aromatic rings. The summed E-state index contributed by atoms with van der Waals surface area (Å²) in [5, 5.41) is 15.4. The minimum atomic E-state index is -4.94. The van der Waals surface area contributed by atoms with Crippen molar-refractivity contribution in [1.29, 1.82) is 0 Å². The number of hydrogen-bond donors (Lipinski definition) is 2. The number of aromatic carboxylic acids is 1. The van der Waals surface area contributed by atoms with Gasteiger partial charge in [0.25, 0.3) is 11.8 Å². The first-order valence-corrected chi connectivity index (χ1v) is 11.5. The first-order valence-electron chi connectivity index (χ1n) is 11.1.